The van der Waals surface area contributed by atoms with Crippen molar-refractivity contribution in [2.75, 3.05) is 31.5 Å². The Kier molecular flexibility index (Phi) is 8.87. The van der Waals surface area contributed by atoms with E-state index in [9.17, 15) is 9.59 Å². The van der Waals surface area contributed by atoms with Crippen LogP contribution in [0.4, 0.5) is 21.0 Å². The molecule has 1 unspecified atom stereocenters. The number of rotatable bonds is 10. The summed E-state index contributed by atoms with van der Waals surface area (Å²) in [5, 5.41) is 8.25. The molecule has 10 heteroatoms. The normalized spacial score (nSPS) is 11.4. The van der Waals surface area contributed by atoms with E-state index in [-0.39, 0.29) is 12.6 Å². The minimum atomic E-state index is -0.525. The van der Waals surface area contributed by atoms with Gasteiger partial charge in [0.1, 0.15) is 11.9 Å². The van der Waals surface area contributed by atoms with E-state index >= 15 is 0 Å². The van der Waals surface area contributed by atoms with Crippen molar-refractivity contribution in [3.63, 3.8) is 0 Å². The topological polar surface area (TPSA) is 124 Å². The number of aromatic nitrogens is 1. The molecule has 3 amide bonds. The molecule has 1 atom stereocenters. The molecule has 1 aromatic heterocycles. The summed E-state index contributed by atoms with van der Waals surface area (Å²) in [6.45, 7) is 2.50. The molecule has 0 aliphatic heterocycles. The molecule has 0 radical (unpaired) electrons. The summed E-state index contributed by atoms with van der Waals surface area (Å²) in [4.78, 5) is 28.4. The molecular weight excluding hydrogens is 440 g/mol. The molecule has 180 valence electrons. The number of nitrogens with one attached hydrogen (secondary N) is 3. The lowest BCUT2D eigenvalue weighted by atomic mass is 10.1. The Morgan fingerprint density at radius 1 is 1.09 bits per heavy atom. The molecule has 0 saturated carbocycles. The smallest absolute Gasteiger partial charge is 0.407 e. The van der Waals surface area contributed by atoms with Gasteiger partial charge in [-0.25, -0.2) is 14.6 Å². The number of alkyl carbamates (subject to hydrolysis) is 1. The molecular formula is C24H28N4O6. The van der Waals surface area contributed by atoms with Gasteiger partial charge in [0.2, 0.25) is 0 Å². The summed E-state index contributed by atoms with van der Waals surface area (Å²) in [5.41, 5.74) is 2.63. The Morgan fingerprint density at radius 3 is 2.56 bits per heavy atom. The van der Waals surface area contributed by atoms with Crippen LogP contribution in [0.3, 0.4) is 0 Å². The molecule has 0 saturated heterocycles. The first-order valence-corrected chi connectivity index (χ1v) is 10.7. The third kappa shape index (κ3) is 6.97. The molecule has 0 spiro atoms. The quantitative estimate of drug-likeness (QED) is 0.396. The molecule has 0 aliphatic carbocycles. The minimum absolute atomic E-state index is 0.250. The largest absolute Gasteiger partial charge is 0.496 e. The highest BCUT2D eigenvalue weighted by Crippen LogP contribution is 2.32. The highest BCUT2D eigenvalue weighted by molar-refractivity contribution is 6.00. The maximum Gasteiger partial charge on any atom is 0.407 e. The van der Waals surface area contributed by atoms with Crippen LogP contribution in [0.1, 0.15) is 18.9 Å². The maximum atomic E-state index is 12.5. The van der Waals surface area contributed by atoms with Gasteiger partial charge in [-0.3, -0.25) is 0 Å². The first-order chi connectivity index (χ1) is 16.5. The number of nitrogens with zero attached hydrogens (tertiary/aromatic N) is 1. The van der Waals surface area contributed by atoms with Gasteiger partial charge < -0.3 is 34.6 Å². The average molecular weight is 469 g/mol. The van der Waals surface area contributed by atoms with Gasteiger partial charge in [0.25, 0.3) is 0 Å². The van der Waals surface area contributed by atoms with Crippen molar-refractivity contribution in [1.82, 2.24) is 10.3 Å². The second-order valence-corrected chi connectivity index (χ2v) is 7.30. The number of carbonyl (C=O) groups excluding carboxylic acids is 2. The van der Waals surface area contributed by atoms with E-state index in [2.05, 4.69) is 20.9 Å². The number of carbonyl (C=O) groups is 2. The molecule has 34 heavy (non-hydrogen) atoms. The molecule has 10 nitrogen and oxygen atoms in total. The lowest BCUT2D eigenvalue weighted by molar-refractivity contribution is 0.0372. The number of oxazole rings is 1. The van der Waals surface area contributed by atoms with Crippen LogP contribution >= 0.6 is 0 Å². The van der Waals surface area contributed by atoms with Crippen LogP contribution in [0.2, 0.25) is 0 Å². The molecule has 2 aromatic carbocycles. The van der Waals surface area contributed by atoms with Crippen molar-refractivity contribution >= 4 is 23.5 Å². The summed E-state index contributed by atoms with van der Waals surface area (Å²) < 4.78 is 21.0. The lowest BCUT2D eigenvalue weighted by Crippen LogP contribution is -2.30. The van der Waals surface area contributed by atoms with E-state index in [0.717, 1.165) is 11.1 Å². The number of hydrogen-bond acceptors (Lipinski definition) is 7. The van der Waals surface area contributed by atoms with Gasteiger partial charge in [-0.2, -0.15) is 0 Å². The van der Waals surface area contributed by atoms with E-state index in [1.807, 2.05) is 13.0 Å². The van der Waals surface area contributed by atoms with Crippen molar-refractivity contribution in [2.24, 2.45) is 0 Å². The zero-order valence-electron chi connectivity index (χ0n) is 19.3. The number of ether oxygens (including phenoxy) is 3. The molecule has 1 heterocycles. The Morgan fingerprint density at radius 2 is 1.88 bits per heavy atom. The zero-order valence-corrected chi connectivity index (χ0v) is 19.3. The van der Waals surface area contributed by atoms with E-state index in [1.165, 1.54) is 13.5 Å². The van der Waals surface area contributed by atoms with Crippen molar-refractivity contribution in [1.29, 1.82) is 0 Å². The van der Waals surface area contributed by atoms with Gasteiger partial charge in [-0.15, -0.1) is 0 Å². The third-order valence-corrected chi connectivity index (χ3v) is 4.86. The first kappa shape index (κ1) is 24.6. The average Bonchev–Trinajstić information content (AvgIpc) is 3.37. The van der Waals surface area contributed by atoms with Crippen LogP contribution in [0.15, 0.2) is 59.5 Å². The minimum Gasteiger partial charge on any atom is -0.496 e. The Labute approximate surface area is 197 Å². The molecule has 3 rings (SSSR count). The number of urea groups is 1. The Hall–Kier alpha value is -4.05. The van der Waals surface area contributed by atoms with E-state index in [4.69, 9.17) is 18.6 Å². The lowest BCUT2D eigenvalue weighted by Gasteiger charge is -2.16. The fraction of sp³-hybridized carbons (Fsp3) is 0.292. The van der Waals surface area contributed by atoms with Gasteiger partial charge in [0.05, 0.1) is 25.5 Å². The van der Waals surface area contributed by atoms with Gasteiger partial charge >= 0.3 is 12.1 Å². The number of methoxy groups -OCH3 is 2. The Balaban J connectivity index is 1.55. The number of hydrogen-bond donors (Lipinski definition) is 3. The second-order valence-electron chi connectivity index (χ2n) is 7.30. The van der Waals surface area contributed by atoms with Gasteiger partial charge in [0.15, 0.2) is 12.2 Å². The van der Waals surface area contributed by atoms with Crippen LogP contribution < -0.4 is 20.7 Å². The van der Waals surface area contributed by atoms with Gasteiger partial charge in [-0.1, -0.05) is 19.1 Å². The summed E-state index contributed by atoms with van der Waals surface area (Å²) in [6.07, 6.45) is 2.75. The first-order valence-electron chi connectivity index (χ1n) is 10.7. The van der Waals surface area contributed by atoms with Crippen LogP contribution in [0, 0.1) is 0 Å². The van der Waals surface area contributed by atoms with Crippen LogP contribution in [0.25, 0.3) is 11.3 Å². The van der Waals surface area contributed by atoms with Crippen molar-refractivity contribution in [2.45, 2.75) is 26.0 Å². The molecule has 0 bridgehead atoms. The molecule has 3 aromatic rings. The van der Waals surface area contributed by atoms with Crippen LogP contribution in [0.5, 0.6) is 5.75 Å². The monoisotopic (exact) mass is 468 g/mol. The van der Waals surface area contributed by atoms with Crippen molar-refractivity contribution in [3.8, 4) is 17.1 Å². The van der Waals surface area contributed by atoms with Crippen LogP contribution in [-0.4, -0.2) is 44.0 Å². The van der Waals surface area contributed by atoms with E-state index in [1.54, 1.807) is 49.7 Å². The SMILES string of the molecule is CCC(COC)OC(=O)NCc1cccc(NC(=O)Nc2ccc(-c3cnco3)c(OC)c2)c1. The third-order valence-electron chi connectivity index (χ3n) is 4.86. The molecule has 0 fully saturated rings. The number of amides is 3. The highest BCUT2D eigenvalue weighted by Gasteiger charge is 2.13. The van der Waals surface area contributed by atoms with Gasteiger partial charge in [0, 0.05) is 31.1 Å². The maximum absolute atomic E-state index is 12.5. The summed E-state index contributed by atoms with van der Waals surface area (Å²) in [7, 11) is 3.09. The summed E-state index contributed by atoms with van der Waals surface area (Å²) >= 11 is 0. The summed E-state index contributed by atoms with van der Waals surface area (Å²) in [6, 6.07) is 11.9. The van der Waals surface area contributed by atoms with E-state index in [0.29, 0.717) is 35.9 Å². The molecule has 0 aliphatic rings. The standard InChI is InChI=1S/C24H28N4O6/c1-4-19(14-31-2)34-24(30)26-12-16-6-5-7-17(10-16)27-23(29)28-18-8-9-20(21(11-18)32-3)22-13-25-15-33-22/h5-11,13,15,19H,4,12,14H2,1-3H3,(H,26,30)(H2,27,28,29). The number of benzene rings is 2. The highest BCUT2D eigenvalue weighted by atomic mass is 16.6. The second kappa shape index (κ2) is 12.3. The summed E-state index contributed by atoms with van der Waals surface area (Å²) in [5.74, 6) is 1.09. The molecule has 3 N–H and O–H groups in total. The van der Waals surface area contributed by atoms with Crippen LogP contribution in [-0.2, 0) is 16.0 Å². The van der Waals surface area contributed by atoms with Crippen molar-refractivity contribution in [3.05, 3.63) is 60.6 Å². The fourth-order valence-electron chi connectivity index (χ4n) is 3.16. The zero-order chi connectivity index (χ0) is 24.3. The van der Waals surface area contributed by atoms with E-state index < -0.39 is 12.1 Å². The van der Waals surface area contributed by atoms with Gasteiger partial charge in [-0.05, 0) is 36.2 Å². The predicted octanol–water partition coefficient (Wildman–Crippen LogP) is 4.65. The number of anilines is 2. The predicted molar refractivity (Wildman–Crippen MR) is 127 cm³/mol. The van der Waals surface area contributed by atoms with Crippen molar-refractivity contribution < 1.29 is 28.2 Å². The Bertz CT molecular complexity index is 1090. The fourth-order valence-corrected chi connectivity index (χ4v) is 3.16.